The Morgan fingerprint density at radius 3 is 2.75 bits per heavy atom. The zero-order chi connectivity index (χ0) is 13.8. The van der Waals surface area contributed by atoms with Crippen LogP contribution in [-0.4, -0.2) is 34.6 Å². The van der Waals surface area contributed by atoms with E-state index in [1.807, 2.05) is 12.4 Å². The van der Waals surface area contributed by atoms with E-state index in [9.17, 15) is 0 Å². The second kappa shape index (κ2) is 6.68. The third kappa shape index (κ3) is 3.21. The first-order valence-corrected chi connectivity index (χ1v) is 8.25. The van der Waals surface area contributed by atoms with Gasteiger partial charge < -0.3 is 5.32 Å². The number of hydrogen-bond acceptors (Lipinski definition) is 3. The summed E-state index contributed by atoms with van der Waals surface area (Å²) in [6.45, 7) is 4.52. The second-order valence-electron chi connectivity index (χ2n) is 6.39. The normalized spacial score (nSPS) is 30.4. The summed E-state index contributed by atoms with van der Waals surface area (Å²) >= 11 is 0. The van der Waals surface area contributed by atoms with Crippen molar-refractivity contribution < 1.29 is 0 Å². The van der Waals surface area contributed by atoms with E-state index in [-0.39, 0.29) is 0 Å². The maximum absolute atomic E-state index is 4.26. The molecule has 3 nitrogen and oxygen atoms in total. The molecule has 0 saturated carbocycles. The molecule has 2 aliphatic heterocycles. The zero-order valence-electron chi connectivity index (χ0n) is 12.6. The monoisotopic (exact) mass is 273 g/mol. The van der Waals surface area contributed by atoms with Gasteiger partial charge in [-0.15, -0.1) is 0 Å². The van der Waals surface area contributed by atoms with Crippen molar-refractivity contribution in [2.24, 2.45) is 0 Å². The molecule has 3 rings (SSSR count). The van der Waals surface area contributed by atoms with Crippen molar-refractivity contribution in [2.45, 2.75) is 70.1 Å². The maximum atomic E-state index is 4.26. The molecule has 0 spiro atoms. The van der Waals surface area contributed by atoms with Crippen molar-refractivity contribution in [3.05, 3.63) is 30.1 Å². The molecule has 2 fully saturated rings. The molecule has 2 aliphatic rings. The number of fused-ring (bicyclic) bond motifs is 2. The lowest BCUT2D eigenvalue weighted by atomic mass is 9.81. The van der Waals surface area contributed by atoms with Crippen LogP contribution in [0.15, 0.2) is 24.5 Å². The molecule has 20 heavy (non-hydrogen) atoms. The van der Waals surface area contributed by atoms with Crippen LogP contribution in [0.1, 0.15) is 51.0 Å². The van der Waals surface area contributed by atoms with Gasteiger partial charge in [-0.3, -0.25) is 9.88 Å². The molecular formula is C17H27N3. The van der Waals surface area contributed by atoms with Crippen molar-refractivity contribution in [2.75, 3.05) is 6.54 Å². The highest BCUT2D eigenvalue weighted by molar-refractivity contribution is 5.10. The number of aromatic nitrogens is 1. The summed E-state index contributed by atoms with van der Waals surface area (Å²) in [5.41, 5.74) is 1.37. The standard InChI is InChI=1S/C17H27N3/c1-2-8-19-15-10-16-6-3-7-17(11-15)20(16)13-14-5-4-9-18-12-14/h4-5,9,12,15-17,19H,2-3,6-8,10-11,13H2,1H3. The number of nitrogens with one attached hydrogen (secondary N) is 1. The van der Waals surface area contributed by atoms with Gasteiger partial charge in [0.25, 0.3) is 0 Å². The van der Waals surface area contributed by atoms with Crippen LogP contribution >= 0.6 is 0 Å². The number of rotatable bonds is 5. The molecule has 3 heterocycles. The molecule has 0 aromatic carbocycles. The van der Waals surface area contributed by atoms with Crippen molar-refractivity contribution in [3.8, 4) is 0 Å². The van der Waals surface area contributed by atoms with Gasteiger partial charge in [-0.1, -0.05) is 19.4 Å². The SMILES string of the molecule is CCCNC1CC2CCCC(C1)N2Cc1cccnc1. The highest BCUT2D eigenvalue weighted by atomic mass is 15.2. The van der Waals surface area contributed by atoms with E-state index < -0.39 is 0 Å². The average Bonchev–Trinajstić information content (AvgIpc) is 2.46. The van der Waals surface area contributed by atoms with Gasteiger partial charge >= 0.3 is 0 Å². The summed E-state index contributed by atoms with van der Waals surface area (Å²) in [5, 5.41) is 3.75. The highest BCUT2D eigenvalue weighted by Gasteiger charge is 2.37. The first-order chi connectivity index (χ1) is 9.86. The van der Waals surface area contributed by atoms with Gasteiger partial charge in [0, 0.05) is 37.1 Å². The molecule has 0 amide bonds. The van der Waals surface area contributed by atoms with Crippen LogP contribution in [0.25, 0.3) is 0 Å². The molecule has 2 bridgehead atoms. The molecular weight excluding hydrogens is 246 g/mol. The predicted octanol–water partition coefficient (Wildman–Crippen LogP) is 2.97. The maximum Gasteiger partial charge on any atom is 0.0312 e. The van der Waals surface area contributed by atoms with Crippen molar-refractivity contribution >= 4 is 0 Å². The van der Waals surface area contributed by atoms with E-state index in [2.05, 4.69) is 34.3 Å². The summed E-state index contributed by atoms with van der Waals surface area (Å²) in [5.74, 6) is 0. The molecule has 1 aromatic heterocycles. The highest BCUT2D eigenvalue weighted by Crippen LogP contribution is 2.35. The van der Waals surface area contributed by atoms with E-state index in [1.54, 1.807) is 0 Å². The Kier molecular flexibility index (Phi) is 4.69. The third-order valence-corrected chi connectivity index (χ3v) is 4.90. The number of pyridine rings is 1. The number of hydrogen-bond donors (Lipinski definition) is 1. The molecule has 1 N–H and O–H groups in total. The van der Waals surface area contributed by atoms with Crippen LogP contribution in [0.5, 0.6) is 0 Å². The summed E-state index contributed by atoms with van der Waals surface area (Å²) < 4.78 is 0. The first-order valence-electron chi connectivity index (χ1n) is 8.25. The molecule has 0 radical (unpaired) electrons. The fourth-order valence-electron chi connectivity index (χ4n) is 3.95. The number of nitrogens with zero attached hydrogens (tertiary/aromatic N) is 2. The van der Waals surface area contributed by atoms with Gasteiger partial charge in [0.05, 0.1) is 0 Å². The average molecular weight is 273 g/mol. The van der Waals surface area contributed by atoms with Crippen LogP contribution < -0.4 is 5.32 Å². The Morgan fingerprint density at radius 1 is 1.30 bits per heavy atom. The Hall–Kier alpha value is -0.930. The Bertz CT molecular complexity index is 392. The van der Waals surface area contributed by atoms with Crippen LogP contribution in [0.3, 0.4) is 0 Å². The molecule has 2 atom stereocenters. The van der Waals surface area contributed by atoms with Gasteiger partial charge in [0.2, 0.25) is 0 Å². The fourth-order valence-corrected chi connectivity index (χ4v) is 3.95. The zero-order valence-corrected chi connectivity index (χ0v) is 12.6. The van der Waals surface area contributed by atoms with Crippen molar-refractivity contribution in [3.63, 3.8) is 0 Å². The van der Waals surface area contributed by atoms with E-state index in [1.165, 1.54) is 50.6 Å². The van der Waals surface area contributed by atoms with E-state index in [4.69, 9.17) is 0 Å². The van der Waals surface area contributed by atoms with Crippen LogP contribution in [0.2, 0.25) is 0 Å². The van der Waals surface area contributed by atoms with E-state index in [0.29, 0.717) is 0 Å². The van der Waals surface area contributed by atoms with Crippen molar-refractivity contribution in [1.82, 2.24) is 15.2 Å². The van der Waals surface area contributed by atoms with Crippen molar-refractivity contribution in [1.29, 1.82) is 0 Å². The molecule has 3 heteroatoms. The van der Waals surface area contributed by atoms with Gasteiger partial charge in [0.15, 0.2) is 0 Å². The Morgan fingerprint density at radius 2 is 2.10 bits per heavy atom. The molecule has 110 valence electrons. The molecule has 1 aromatic rings. The quantitative estimate of drug-likeness (QED) is 0.894. The van der Waals surface area contributed by atoms with Gasteiger partial charge in [-0.2, -0.15) is 0 Å². The largest absolute Gasteiger partial charge is 0.314 e. The smallest absolute Gasteiger partial charge is 0.0312 e. The molecule has 0 aliphatic carbocycles. The minimum absolute atomic E-state index is 0.746. The van der Waals surface area contributed by atoms with Crippen LogP contribution in [0.4, 0.5) is 0 Å². The van der Waals surface area contributed by atoms with Gasteiger partial charge in [0.1, 0.15) is 0 Å². The Labute approximate surface area is 122 Å². The topological polar surface area (TPSA) is 28.2 Å². The van der Waals surface area contributed by atoms with Crippen LogP contribution in [0, 0.1) is 0 Å². The van der Waals surface area contributed by atoms with Gasteiger partial charge in [-0.05, 0) is 50.3 Å². The predicted molar refractivity (Wildman–Crippen MR) is 82.5 cm³/mol. The molecule has 2 saturated heterocycles. The van der Waals surface area contributed by atoms with Gasteiger partial charge in [-0.25, -0.2) is 0 Å². The van der Waals surface area contributed by atoms with E-state index >= 15 is 0 Å². The van der Waals surface area contributed by atoms with Crippen LogP contribution in [-0.2, 0) is 6.54 Å². The summed E-state index contributed by atoms with van der Waals surface area (Å²) in [7, 11) is 0. The minimum Gasteiger partial charge on any atom is -0.314 e. The summed E-state index contributed by atoms with van der Waals surface area (Å²) in [6.07, 6.45) is 12.0. The summed E-state index contributed by atoms with van der Waals surface area (Å²) in [6, 6.07) is 6.56. The minimum atomic E-state index is 0.746. The number of piperidine rings is 2. The van der Waals surface area contributed by atoms with E-state index in [0.717, 1.165) is 24.7 Å². The Balaban J connectivity index is 1.64. The lowest BCUT2D eigenvalue weighted by Gasteiger charge is -2.49. The fraction of sp³-hybridized carbons (Fsp3) is 0.706. The second-order valence-corrected chi connectivity index (χ2v) is 6.39. The molecule has 2 unspecified atom stereocenters. The lowest BCUT2D eigenvalue weighted by Crippen LogP contribution is -2.55. The first kappa shape index (κ1) is 14.0. The third-order valence-electron chi connectivity index (χ3n) is 4.90. The summed E-state index contributed by atoms with van der Waals surface area (Å²) in [4.78, 5) is 7.02. The lowest BCUT2D eigenvalue weighted by molar-refractivity contribution is 0.0177.